The Balaban J connectivity index is 2.26. The van der Waals surface area contributed by atoms with Crippen molar-refractivity contribution in [1.29, 1.82) is 0 Å². The summed E-state index contributed by atoms with van der Waals surface area (Å²) >= 11 is 0. The summed E-state index contributed by atoms with van der Waals surface area (Å²) in [6, 6.07) is 1.89. The molecule has 0 spiro atoms. The fraction of sp³-hybridized carbons (Fsp3) is 0.533. The van der Waals surface area contributed by atoms with Gasteiger partial charge in [0.2, 0.25) is 11.7 Å². The number of aromatic nitrogens is 3. The van der Waals surface area contributed by atoms with Crippen LogP contribution in [0.15, 0.2) is 23.0 Å². The van der Waals surface area contributed by atoms with Gasteiger partial charge in [0, 0.05) is 24.5 Å². The highest BCUT2D eigenvalue weighted by Crippen LogP contribution is 2.30. The number of hydrogen-bond acceptors (Lipinski definition) is 5. The van der Waals surface area contributed by atoms with Crippen molar-refractivity contribution >= 4 is 0 Å². The molecule has 5 nitrogen and oxygen atoms in total. The lowest BCUT2D eigenvalue weighted by Crippen LogP contribution is -2.19. The van der Waals surface area contributed by atoms with Crippen molar-refractivity contribution in [3.8, 4) is 11.4 Å². The molecule has 0 aliphatic heterocycles. The number of aryl methyl sites for hydroxylation is 1. The highest BCUT2D eigenvalue weighted by Gasteiger charge is 2.24. The molecule has 0 saturated carbocycles. The number of pyridine rings is 1. The lowest BCUT2D eigenvalue weighted by Gasteiger charge is -2.22. The molecule has 0 radical (unpaired) electrons. The first-order valence-electron chi connectivity index (χ1n) is 6.85. The van der Waals surface area contributed by atoms with Crippen molar-refractivity contribution in [2.75, 3.05) is 6.54 Å². The molecule has 2 aromatic heterocycles. The van der Waals surface area contributed by atoms with E-state index < -0.39 is 0 Å². The van der Waals surface area contributed by atoms with Crippen LogP contribution in [0.1, 0.15) is 44.6 Å². The van der Waals surface area contributed by atoms with Gasteiger partial charge in [-0.2, -0.15) is 4.98 Å². The van der Waals surface area contributed by atoms with Crippen LogP contribution in [0.3, 0.4) is 0 Å². The van der Waals surface area contributed by atoms with Gasteiger partial charge in [-0.3, -0.25) is 4.98 Å². The fourth-order valence-corrected chi connectivity index (χ4v) is 2.25. The molecule has 20 heavy (non-hydrogen) atoms. The third-order valence-corrected chi connectivity index (χ3v) is 3.20. The van der Waals surface area contributed by atoms with Gasteiger partial charge >= 0.3 is 0 Å². The maximum Gasteiger partial charge on any atom is 0.231 e. The molecule has 2 aromatic rings. The van der Waals surface area contributed by atoms with E-state index in [1.54, 1.807) is 12.4 Å². The summed E-state index contributed by atoms with van der Waals surface area (Å²) < 4.78 is 5.41. The van der Waals surface area contributed by atoms with Gasteiger partial charge in [-0.05, 0) is 30.4 Å². The monoisotopic (exact) mass is 274 g/mol. The predicted molar refractivity (Wildman–Crippen MR) is 78.1 cm³/mol. The first kappa shape index (κ1) is 14.7. The Labute approximate surface area is 119 Å². The van der Waals surface area contributed by atoms with Gasteiger partial charge < -0.3 is 10.3 Å². The number of nitrogens with two attached hydrogens (primary N) is 1. The van der Waals surface area contributed by atoms with E-state index in [-0.39, 0.29) is 11.3 Å². The normalized spacial score (nSPS) is 13.4. The fourth-order valence-electron chi connectivity index (χ4n) is 2.25. The molecule has 0 aliphatic rings. The molecule has 0 aromatic carbocycles. The Morgan fingerprint density at radius 2 is 2.10 bits per heavy atom. The molecule has 0 bridgehead atoms. The quantitative estimate of drug-likeness (QED) is 0.927. The molecule has 0 saturated heterocycles. The Hall–Kier alpha value is -1.75. The summed E-state index contributed by atoms with van der Waals surface area (Å²) in [5, 5.41) is 4.08. The Morgan fingerprint density at radius 3 is 2.70 bits per heavy atom. The minimum atomic E-state index is 0.0957. The van der Waals surface area contributed by atoms with E-state index in [0.29, 0.717) is 18.3 Å². The van der Waals surface area contributed by atoms with E-state index in [4.69, 9.17) is 10.3 Å². The number of rotatable bonds is 4. The molecule has 0 amide bonds. The standard InChI is InChI=1S/C15H22N4O/c1-10-9-17-6-5-12(10)13-18-14(20-19-13)11(8-16)7-15(2,3)4/h5-6,9,11H,7-8,16H2,1-4H3. The number of hydrogen-bond donors (Lipinski definition) is 1. The van der Waals surface area contributed by atoms with E-state index in [2.05, 4.69) is 35.9 Å². The lowest BCUT2D eigenvalue weighted by molar-refractivity contribution is 0.287. The van der Waals surface area contributed by atoms with Crippen LogP contribution in [0.5, 0.6) is 0 Å². The first-order chi connectivity index (χ1) is 9.40. The smallest absolute Gasteiger partial charge is 0.231 e. The van der Waals surface area contributed by atoms with Crippen molar-refractivity contribution in [1.82, 2.24) is 15.1 Å². The molecule has 1 atom stereocenters. The van der Waals surface area contributed by atoms with Crippen molar-refractivity contribution < 1.29 is 4.52 Å². The van der Waals surface area contributed by atoms with Crippen LogP contribution in [-0.2, 0) is 0 Å². The Kier molecular flexibility index (Phi) is 4.18. The second kappa shape index (κ2) is 5.71. The van der Waals surface area contributed by atoms with Crippen LogP contribution >= 0.6 is 0 Å². The molecule has 2 N–H and O–H groups in total. The highest BCUT2D eigenvalue weighted by molar-refractivity contribution is 5.57. The van der Waals surface area contributed by atoms with E-state index in [0.717, 1.165) is 17.5 Å². The zero-order valence-corrected chi connectivity index (χ0v) is 12.6. The summed E-state index contributed by atoms with van der Waals surface area (Å²) in [6.45, 7) is 9.03. The van der Waals surface area contributed by atoms with E-state index >= 15 is 0 Å². The van der Waals surface area contributed by atoms with Crippen LogP contribution in [0.2, 0.25) is 0 Å². The Bertz CT molecular complexity index is 571. The second-order valence-electron chi connectivity index (χ2n) is 6.34. The maximum absolute atomic E-state index is 5.85. The zero-order chi connectivity index (χ0) is 14.8. The first-order valence-corrected chi connectivity index (χ1v) is 6.85. The van der Waals surface area contributed by atoms with Crippen LogP contribution < -0.4 is 5.73 Å². The van der Waals surface area contributed by atoms with Gasteiger partial charge in [0.25, 0.3) is 0 Å². The van der Waals surface area contributed by atoms with Crippen LogP contribution in [0.4, 0.5) is 0 Å². The Morgan fingerprint density at radius 1 is 1.35 bits per heavy atom. The van der Waals surface area contributed by atoms with Gasteiger partial charge in [0.15, 0.2) is 0 Å². The molecular weight excluding hydrogens is 252 g/mol. The summed E-state index contributed by atoms with van der Waals surface area (Å²) in [6.07, 6.45) is 4.44. The minimum Gasteiger partial charge on any atom is -0.339 e. The molecule has 1 unspecified atom stereocenters. The summed E-state index contributed by atoms with van der Waals surface area (Å²) in [5.41, 5.74) is 8.00. The summed E-state index contributed by atoms with van der Waals surface area (Å²) in [4.78, 5) is 8.58. The molecule has 108 valence electrons. The van der Waals surface area contributed by atoms with Gasteiger partial charge in [0.05, 0.1) is 5.92 Å². The SMILES string of the molecule is Cc1cnccc1-c1noc(C(CN)CC(C)(C)C)n1. The molecule has 0 aliphatic carbocycles. The van der Waals surface area contributed by atoms with Crippen molar-refractivity contribution in [2.45, 2.75) is 40.0 Å². The van der Waals surface area contributed by atoms with Crippen molar-refractivity contribution in [3.63, 3.8) is 0 Å². The molecule has 2 rings (SSSR count). The van der Waals surface area contributed by atoms with Gasteiger partial charge in [0.1, 0.15) is 0 Å². The average molecular weight is 274 g/mol. The molecular formula is C15H22N4O. The van der Waals surface area contributed by atoms with Crippen LogP contribution in [0.25, 0.3) is 11.4 Å². The molecule has 5 heteroatoms. The largest absolute Gasteiger partial charge is 0.339 e. The lowest BCUT2D eigenvalue weighted by atomic mass is 9.84. The van der Waals surface area contributed by atoms with E-state index in [1.807, 2.05) is 13.0 Å². The predicted octanol–water partition coefficient (Wildman–Crippen LogP) is 2.92. The average Bonchev–Trinajstić information content (AvgIpc) is 2.84. The van der Waals surface area contributed by atoms with E-state index in [9.17, 15) is 0 Å². The molecule has 0 fully saturated rings. The van der Waals surface area contributed by atoms with Crippen molar-refractivity contribution in [2.24, 2.45) is 11.1 Å². The zero-order valence-electron chi connectivity index (χ0n) is 12.6. The second-order valence-corrected chi connectivity index (χ2v) is 6.34. The molecule has 2 heterocycles. The summed E-state index contributed by atoms with van der Waals surface area (Å²) in [5.74, 6) is 1.32. The van der Waals surface area contributed by atoms with Crippen molar-refractivity contribution in [3.05, 3.63) is 29.9 Å². The third kappa shape index (κ3) is 3.42. The van der Waals surface area contributed by atoms with Gasteiger partial charge in [-0.15, -0.1) is 0 Å². The van der Waals surface area contributed by atoms with Gasteiger partial charge in [-0.25, -0.2) is 0 Å². The summed E-state index contributed by atoms with van der Waals surface area (Å²) in [7, 11) is 0. The number of nitrogens with zero attached hydrogens (tertiary/aromatic N) is 3. The minimum absolute atomic E-state index is 0.0957. The van der Waals surface area contributed by atoms with Crippen LogP contribution in [0, 0.1) is 12.3 Å². The van der Waals surface area contributed by atoms with Gasteiger partial charge in [-0.1, -0.05) is 25.9 Å². The van der Waals surface area contributed by atoms with E-state index in [1.165, 1.54) is 0 Å². The van der Waals surface area contributed by atoms with Crippen LogP contribution in [-0.4, -0.2) is 21.7 Å². The highest BCUT2D eigenvalue weighted by atomic mass is 16.5. The third-order valence-electron chi connectivity index (χ3n) is 3.20. The maximum atomic E-state index is 5.85. The topological polar surface area (TPSA) is 77.8 Å².